The first-order chi connectivity index (χ1) is 14.6. The average Bonchev–Trinajstić information content (AvgIpc) is 2.69. The zero-order valence-corrected chi connectivity index (χ0v) is 17.0. The molecule has 0 aliphatic heterocycles. The minimum absolute atomic E-state index is 0.196. The number of hydrogen-bond donors (Lipinski definition) is 4. The lowest BCUT2D eigenvalue weighted by atomic mass is 9.50. The highest BCUT2D eigenvalue weighted by atomic mass is 19.4. The van der Waals surface area contributed by atoms with Crippen LogP contribution in [-0.2, 0) is 4.79 Å². The van der Waals surface area contributed by atoms with Crippen molar-refractivity contribution in [1.82, 2.24) is 10.6 Å². The lowest BCUT2D eigenvalue weighted by molar-refractivity contribution is -0.124. The number of amides is 2. The first-order valence-corrected chi connectivity index (χ1v) is 10.0. The Morgan fingerprint density at radius 1 is 1.19 bits per heavy atom. The molecule has 2 aliphatic rings. The number of benzene rings is 1. The molecule has 2 fully saturated rings. The third kappa shape index (κ3) is 4.38. The fourth-order valence-corrected chi connectivity index (χ4v) is 4.24. The molecule has 10 heteroatoms. The zero-order chi connectivity index (χ0) is 22.8. The molecule has 3 unspecified atom stereocenters. The molecule has 2 saturated carbocycles. The summed E-state index contributed by atoms with van der Waals surface area (Å²) in [4.78, 5) is 24.9. The third-order valence-corrected chi connectivity index (χ3v) is 6.19. The molecular formula is C21H25F3N4O3. The molecule has 0 aromatic heterocycles. The molecule has 0 saturated heterocycles. The Labute approximate surface area is 177 Å². The normalized spacial score (nSPS) is 25.2. The van der Waals surface area contributed by atoms with Gasteiger partial charge in [0.15, 0.2) is 0 Å². The Morgan fingerprint density at radius 3 is 2.23 bits per heavy atom. The lowest BCUT2D eigenvalue weighted by Gasteiger charge is -2.61. The van der Waals surface area contributed by atoms with Crippen molar-refractivity contribution in [3.63, 3.8) is 0 Å². The molecule has 7 nitrogen and oxygen atoms in total. The van der Waals surface area contributed by atoms with Crippen LogP contribution in [-0.4, -0.2) is 42.4 Å². The summed E-state index contributed by atoms with van der Waals surface area (Å²) in [7, 11) is 0. The molecular weight excluding hydrogens is 413 g/mol. The van der Waals surface area contributed by atoms with E-state index in [1.807, 2.05) is 6.92 Å². The van der Waals surface area contributed by atoms with Gasteiger partial charge in [-0.3, -0.25) is 15.0 Å². The summed E-state index contributed by atoms with van der Waals surface area (Å²) < 4.78 is 43.7. The van der Waals surface area contributed by atoms with Crippen LogP contribution >= 0.6 is 0 Å². The minimum atomic E-state index is -4.97. The van der Waals surface area contributed by atoms with Crippen LogP contribution in [0.15, 0.2) is 36.0 Å². The summed E-state index contributed by atoms with van der Waals surface area (Å²) in [5, 5.41) is 12.7. The van der Waals surface area contributed by atoms with E-state index >= 15 is 0 Å². The fraction of sp³-hybridized carbons (Fsp3) is 0.476. The van der Waals surface area contributed by atoms with Crippen molar-refractivity contribution in [3.8, 4) is 5.75 Å². The Kier molecular flexibility index (Phi) is 6.28. The smallest absolute Gasteiger partial charge is 0.433 e. The predicted molar refractivity (Wildman–Crippen MR) is 108 cm³/mol. The maximum Gasteiger partial charge on any atom is 0.433 e. The van der Waals surface area contributed by atoms with E-state index in [-0.39, 0.29) is 11.9 Å². The molecule has 5 N–H and O–H groups in total. The fourth-order valence-electron chi connectivity index (χ4n) is 4.24. The summed E-state index contributed by atoms with van der Waals surface area (Å²) in [6.45, 7) is 2.38. The molecule has 2 aliphatic carbocycles. The van der Waals surface area contributed by atoms with E-state index in [0.717, 1.165) is 12.8 Å². The van der Waals surface area contributed by atoms with Gasteiger partial charge >= 0.3 is 6.18 Å². The Hall–Kier alpha value is -3.04. The highest BCUT2D eigenvalue weighted by Gasteiger charge is 2.58. The van der Waals surface area contributed by atoms with Crippen LogP contribution in [0.1, 0.15) is 43.0 Å². The van der Waals surface area contributed by atoms with Gasteiger partial charge in [0.1, 0.15) is 11.5 Å². The second kappa shape index (κ2) is 8.60. The van der Waals surface area contributed by atoms with Crippen LogP contribution in [0.5, 0.6) is 5.75 Å². The summed E-state index contributed by atoms with van der Waals surface area (Å²) in [5.74, 6) is -0.628. The molecule has 3 rings (SSSR count). The number of halogens is 3. The topological polar surface area (TPSA) is 117 Å². The summed E-state index contributed by atoms with van der Waals surface area (Å²) in [6.07, 6.45) is -1.69. The first-order valence-electron chi connectivity index (χ1n) is 10.0. The number of rotatable bonds is 7. The summed E-state index contributed by atoms with van der Waals surface area (Å²) in [6, 6.07) is 6.14. The highest BCUT2D eigenvalue weighted by molar-refractivity contribution is 6.22. The van der Waals surface area contributed by atoms with Crippen molar-refractivity contribution in [2.75, 3.05) is 6.61 Å². The van der Waals surface area contributed by atoms with E-state index in [4.69, 9.17) is 15.9 Å². The third-order valence-electron chi connectivity index (χ3n) is 6.19. The maximum absolute atomic E-state index is 12.8. The van der Waals surface area contributed by atoms with Gasteiger partial charge < -0.3 is 21.1 Å². The molecule has 1 spiro atoms. The monoisotopic (exact) mass is 438 g/mol. The Morgan fingerprint density at radius 2 is 1.77 bits per heavy atom. The number of nitrogens with two attached hydrogens (primary N) is 1. The number of alkyl halides is 3. The summed E-state index contributed by atoms with van der Waals surface area (Å²) in [5.41, 5.74) is 2.56. The molecule has 0 bridgehead atoms. The van der Waals surface area contributed by atoms with Gasteiger partial charge in [-0.05, 0) is 56.9 Å². The van der Waals surface area contributed by atoms with Gasteiger partial charge in [-0.2, -0.15) is 13.2 Å². The van der Waals surface area contributed by atoms with Crippen molar-refractivity contribution in [1.29, 1.82) is 5.41 Å². The van der Waals surface area contributed by atoms with Crippen LogP contribution in [0.2, 0.25) is 0 Å². The molecule has 2 amide bonds. The van der Waals surface area contributed by atoms with E-state index in [9.17, 15) is 22.8 Å². The van der Waals surface area contributed by atoms with Gasteiger partial charge in [-0.15, -0.1) is 0 Å². The van der Waals surface area contributed by atoms with Crippen LogP contribution in [0, 0.1) is 10.8 Å². The number of carbonyl (C=O) groups excluding carboxylic acids is 2. The van der Waals surface area contributed by atoms with Crippen molar-refractivity contribution >= 4 is 17.5 Å². The van der Waals surface area contributed by atoms with Gasteiger partial charge in [0, 0.05) is 29.3 Å². The van der Waals surface area contributed by atoms with E-state index in [1.54, 1.807) is 24.3 Å². The van der Waals surface area contributed by atoms with Crippen LogP contribution < -0.4 is 21.1 Å². The van der Waals surface area contributed by atoms with Crippen LogP contribution in [0.25, 0.3) is 0 Å². The van der Waals surface area contributed by atoms with Crippen molar-refractivity contribution in [2.45, 2.75) is 50.9 Å². The van der Waals surface area contributed by atoms with Gasteiger partial charge in [0.2, 0.25) is 0 Å². The van der Waals surface area contributed by atoms with Gasteiger partial charge in [-0.25, -0.2) is 0 Å². The number of ether oxygens (including phenoxy) is 1. The molecule has 3 atom stereocenters. The Balaban J connectivity index is 1.62. The van der Waals surface area contributed by atoms with Crippen molar-refractivity contribution < 1.29 is 27.5 Å². The van der Waals surface area contributed by atoms with E-state index in [1.165, 1.54) is 0 Å². The number of nitrogens with one attached hydrogen (secondary N) is 3. The highest BCUT2D eigenvalue weighted by Crippen LogP contribution is 2.56. The quantitative estimate of drug-likeness (QED) is 0.387. The first kappa shape index (κ1) is 22.6. The second-order valence-corrected chi connectivity index (χ2v) is 7.77. The predicted octanol–water partition coefficient (Wildman–Crippen LogP) is 2.67. The maximum atomic E-state index is 12.8. The second-order valence-electron chi connectivity index (χ2n) is 7.77. The molecule has 1 aromatic rings. The number of carbonyl (C=O) groups is 2. The summed E-state index contributed by atoms with van der Waals surface area (Å²) >= 11 is 0. The van der Waals surface area contributed by atoms with E-state index in [2.05, 4.69) is 10.6 Å². The Bertz CT molecular complexity index is 894. The van der Waals surface area contributed by atoms with Crippen molar-refractivity contribution in [3.05, 3.63) is 41.6 Å². The number of hydrogen-bond acceptors (Lipinski definition) is 5. The minimum Gasteiger partial charge on any atom is -0.494 e. The van der Waals surface area contributed by atoms with Crippen LogP contribution in [0.4, 0.5) is 13.2 Å². The largest absolute Gasteiger partial charge is 0.494 e. The van der Waals surface area contributed by atoms with E-state index in [0.29, 0.717) is 37.0 Å². The van der Waals surface area contributed by atoms with Gasteiger partial charge in [-0.1, -0.05) is 0 Å². The average molecular weight is 438 g/mol. The lowest BCUT2D eigenvalue weighted by Crippen LogP contribution is -2.69. The zero-order valence-electron chi connectivity index (χ0n) is 17.0. The SMILES string of the molecule is CCOc1ccc(C(=O)NC2CCC23CCC3NC(=O)/C(=C/N)C(=N)C(F)(F)F)cc1. The van der Waals surface area contributed by atoms with E-state index < -0.39 is 34.8 Å². The molecule has 0 radical (unpaired) electrons. The van der Waals surface area contributed by atoms with Gasteiger partial charge in [0.05, 0.1) is 12.2 Å². The van der Waals surface area contributed by atoms with Gasteiger partial charge in [0.25, 0.3) is 11.8 Å². The molecule has 168 valence electrons. The molecule has 0 heterocycles. The van der Waals surface area contributed by atoms with Crippen molar-refractivity contribution in [2.24, 2.45) is 11.1 Å². The van der Waals surface area contributed by atoms with Crippen LogP contribution in [0.3, 0.4) is 0 Å². The standard InChI is InChI=1S/C21H25F3N4O3/c1-2-31-13-5-3-12(4-6-13)18(29)27-15-7-9-20(15)10-8-16(20)28-19(30)14(11-25)17(26)21(22,23)24/h3-6,11,15-16,26H,2,7-10,25H2,1H3,(H,27,29)(H,28,30)/b14-11+,26-17?. The molecule has 1 aromatic carbocycles. The molecule has 31 heavy (non-hydrogen) atoms.